The van der Waals surface area contributed by atoms with E-state index in [-0.39, 0.29) is 19.1 Å². The Morgan fingerprint density at radius 3 is 1.83 bits per heavy atom. The molecule has 0 spiro atoms. The highest BCUT2D eigenvalue weighted by Gasteiger charge is 2.56. The van der Waals surface area contributed by atoms with Crippen molar-refractivity contribution < 1.29 is 35.8 Å². The van der Waals surface area contributed by atoms with Crippen LogP contribution < -0.4 is 5.73 Å². The molecule has 0 aromatic carbocycles. The molecule has 3 N–H and O–H groups in total. The van der Waals surface area contributed by atoms with Gasteiger partial charge in [0.1, 0.15) is 0 Å². The summed E-state index contributed by atoms with van der Waals surface area (Å²) in [5.74, 6) is -3.57. The predicted molar refractivity (Wildman–Crippen MR) is 53.4 cm³/mol. The second-order valence-electron chi connectivity index (χ2n) is 3.86. The lowest BCUT2D eigenvalue weighted by Gasteiger charge is -2.23. The first kappa shape index (κ1) is 17.7. The van der Waals surface area contributed by atoms with Crippen molar-refractivity contribution in [2.24, 2.45) is 11.7 Å². The lowest BCUT2D eigenvalue weighted by Crippen LogP contribution is -2.37. The summed E-state index contributed by atoms with van der Waals surface area (Å²) in [6, 6.07) is 0. The molecule has 0 aromatic heterocycles. The molecule has 0 aliphatic carbocycles. The van der Waals surface area contributed by atoms with E-state index in [1.54, 1.807) is 0 Å². The van der Waals surface area contributed by atoms with Gasteiger partial charge in [0, 0.05) is 12.3 Å². The minimum atomic E-state index is -5.47. The van der Waals surface area contributed by atoms with Crippen LogP contribution in [-0.2, 0) is 4.57 Å². The van der Waals surface area contributed by atoms with Gasteiger partial charge in [-0.25, -0.2) is 0 Å². The number of hydrogen-bond acceptors (Lipinski definition) is 2. The fraction of sp³-hybridized carbons (Fsp3) is 1.00. The molecule has 1 unspecified atom stereocenters. The van der Waals surface area contributed by atoms with Gasteiger partial charge in [0.2, 0.25) is 7.37 Å². The van der Waals surface area contributed by atoms with E-state index in [2.05, 4.69) is 0 Å². The van der Waals surface area contributed by atoms with Crippen LogP contribution in [0, 0.1) is 5.92 Å². The highest BCUT2D eigenvalue weighted by Crippen LogP contribution is 2.47. The van der Waals surface area contributed by atoms with Crippen molar-refractivity contribution in [2.75, 3.05) is 18.9 Å². The maximum Gasteiger partial charge on any atom is 0.400 e. The van der Waals surface area contributed by atoms with Gasteiger partial charge in [-0.05, 0) is 19.4 Å². The number of nitrogens with two attached hydrogens (primary N) is 1. The zero-order chi connectivity index (χ0) is 14.6. The molecule has 0 heterocycles. The maximum absolute atomic E-state index is 12.1. The molecule has 0 fully saturated rings. The van der Waals surface area contributed by atoms with Gasteiger partial charge in [0.25, 0.3) is 0 Å². The first-order valence-corrected chi connectivity index (χ1v) is 7.07. The van der Waals surface area contributed by atoms with Crippen molar-refractivity contribution in [3.05, 3.63) is 0 Å². The fourth-order valence-electron chi connectivity index (χ4n) is 1.29. The molecule has 1 atom stereocenters. The van der Waals surface area contributed by atoms with Crippen LogP contribution in [0.1, 0.15) is 12.8 Å². The van der Waals surface area contributed by atoms with Crippen LogP contribution in [0.2, 0.25) is 0 Å². The number of halogens is 6. The van der Waals surface area contributed by atoms with Gasteiger partial charge in [0.15, 0.2) is 5.92 Å². The van der Waals surface area contributed by atoms with Crippen LogP contribution in [0.4, 0.5) is 26.3 Å². The van der Waals surface area contributed by atoms with Gasteiger partial charge in [-0.3, -0.25) is 4.57 Å². The predicted octanol–water partition coefficient (Wildman–Crippen LogP) is 2.74. The molecule has 0 saturated carbocycles. The van der Waals surface area contributed by atoms with Gasteiger partial charge < -0.3 is 10.6 Å². The summed E-state index contributed by atoms with van der Waals surface area (Å²) < 4.78 is 84.1. The van der Waals surface area contributed by atoms with Crippen molar-refractivity contribution in [3.63, 3.8) is 0 Å². The highest BCUT2D eigenvalue weighted by molar-refractivity contribution is 7.57. The standard InChI is InChI=1S/C8H14F6NO2P/c9-7(10,11)6(8(12,13)14)2-5-18(16,17)4-1-3-15/h6H,1-5,15H2,(H,16,17). The number of rotatable bonds is 6. The summed E-state index contributed by atoms with van der Waals surface area (Å²) in [5, 5.41) is 0. The zero-order valence-electron chi connectivity index (χ0n) is 9.26. The lowest BCUT2D eigenvalue weighted by molar-refractivity contribution is -0.284. The molecule has 0 radical (unpaired) electrons. The van der Waals surface area contributed by atoms with Crippen molar-refractivity contribution >= 4 is 7.37 Å². The third-order valence-electron chi connectivity index (χ3n) is 2.27. The molecule has 0 aliphatic heterocycles. The Morgan fingerprint density at radius 2 is 1.50 bits per heavy atom. The van der Waals surface area contributed by atoms with Gasteiger partial charge >= 0.3 is 12.4 Å². The average Bonchev–Trinajstić information content (AvgIpc) is 2.10. The van der Waals surface area contributed by atoms with Crippen LogP contribution in [0.15, 0.2) is 0 Å². The highest BCUT2D eigenvalue weighted by atomic mass is 31.2. The van der Waals surface area contributed by atoms with E-state index >= 15 is 0 Å². The molecule has 0 saturated heterocycles. The summed E-state index contributed by atoms with van der Waals surface area (Å²) >= 11 is 0. The largest absolute Gasteiger partial charge is 0.400 e. The van der Waals surface area contributed by atoms with Crippen molar-refractivity contribution in [3.8, 4) is 0 Å². The minimum Gasteiger partial charge on any atom is -0.344 e. The Balaban J connectivity index is 4.60. The van der Waals surface area contributed by atoms with Gasteiger partial charge in [-0.15, -0.1) is 0 Å². The topological polar surface area (TPSA) is 63.3 Å². The molecule has 0 amide bonds. The lowest BCUT2D eigenvalue weighted by atomic mass is 10.1. The Hall–Kier alpha value is -0.270. The molecule has 3 nitrogen and oxygen atoms in total. The smallest absolute Gasteiger partial charge is 0.344 e. The second-order valence-corrected chi connectivity index (χ2v) is 6.45. The molecular formula is C8H14F6NO2P. The first-order valence-electron chi connectivity index (χ1n) is 5.04. The van der Waals surface area contributed by atoms with Crippen molar-refractivity contribution in [2.45, 2.75) is 25.2 Å². The quantitative estimate of drug-likeness (QED) is 0.585. The molecule has 0 aliphatic rings. The SMILES string of the molecule is NCCCP(=O)(O)CCC(C(F)(F)F)C(F)(F)F. The van der Waals surface area contributed by atoms with Crippen molar-refractivity contribution in [1.29, 1.82) is 0 Å². The van der Waals surface area contributed by atoms with Gasteiger partial charge in [-0.1, -0.05) is 0 Å². The summed E-state index contributed by atoms with van der Waals surface area (Å²) in [4.78, 5) is 9.19. The van der Waals surface area contributed by atoms with Crippen LogP contribution in [0.3, 0.4) is 0 Å². The maximum atomic E-state index is 12.1. The normalized spacial score (nSPS) is 16.9. The van der Waals surface area contributed by atoms with Gasteiger partial charge in [0.05, 0.1) is 0 Å². The van der Waals surface area contributed by atoms with Crippen LogP contribution in [0.25, 0.3) is 0 Å². The molecule has 0 rings (SSSR count). The van der Waals surface area contributed by atoms with E-state index in [1.165, 1.54) is 0 Å². The summed E-state index contributed by atoms with van der Waals surface area (Å²) in [7, 11) is -3.98. The zero-order valence-corrected chi connectivity index (χ0v) is 10.2. The minimum absolute atomic E-state index is 0.0481. The summed E-state index contributed by atoms with van der Waals surface area (Å²) in [6.07, 6.45) is -13.7. The van der Waals surface area contributed by atoms with Crippen LogP contribution in [0.5, 0.6) is 0 Å². The molecule has 10 heteroatoms. The van der Waals surface area contributed by atoms with E-state index in [1.807, 2.05) is 0 Å². The Kier molecular flexibility index (Phi) is 6.16. The third-order valence-corrected chi connectivity index (χ3v) is 4.24. The first-order chi connectivity index (χ1) is 7.90. The monoisotopic (exact) mass is 301 g/mol. The average molecular weight is 301 g/mol. The van der Waals surface area contributed by atoms with Crippen LogP contribution >= 0.6 is 7.37 Å². The Bertz CT molecular complexity index is 289. The van der Waals surface area contributed by atoms with Crippen LogP contribution in [-0.4, -0.2) is 36.1 Å². The van der Waals surface area contributed by atoms with E-state index in [0.717, 1.165) is 0 Å². The Labute approximate surface area is 99.8 Å². The van der Waals surface area contributed by atoms with E-state index in [0.29, 0.717) is 0 Å². The van der Waals surface area contributed by atoms with E-state index < -0.39 is 38.2 Å². The third kappa shape index (κ3) is 6.61. The molecule has 0 bridgehead atoms. The van der Waals surface area contributed by atoms with E-state index in [4.69, 9.17) is 5.73 Å². The summed E-state index contributed by atoms with van der Waals surface area (Å²) in [6.45, 7) is 0.0481. The Morgan fingerprint density at radius 1 is 1.06 bits per heavy atom. The number of hydrogen-bond donors (Lipinski definition) is 2. The molecule has 18 heavy (non-hydrogen) atoms. The summed E-state index contributed by atoms with van der Waals surface area (Å²) in [5.41, 5.74) is 5.04. The van der Waals surface area contributed by atoms with Gasteiger partial charge in [-0.2, -0.15) is 26.3 Å². The van der Waals surface area contributed by atoms with Crippen molar-refractivity contribution in [1.82, 2.24) is 0 Å². The van der Waals surface area contributed by atoms with E-state index in [9.17, 15) is 35.8 Å². The molecule has 0 aromatic rings. The number of alkyl halides is 6. The fourth-order valence-corrected chi connectivity index (χ4v) is 2.86. The second kappa shape index (κ2) is 6.25. The molecular weight excluding hydrogens is 287 g/mol. The molecule has 110 valence electrons.